The second kappa shape index (κ2) is 9.30. The van der Waals surface area contributed by atoms with Gasteiger partial charge >= 0.3 is 11.9 Å². The van der Waals surface area contributed by atoms with Crippen molar-refractivity contribution in [2.75, 3.05) is 37.6 Å². The van der Waals surface area contributed by atoms with E-state index in [4.69, 9.17) is 12.2 Å². The minimum Gasteiger partial charge on any atom is -0.354 e. The summed E-state index contributed by atoms with van der Waals surface area (Å²) in [5.74, 6) is 0.505. The summed E-state index contributed by atoms with van der Waals surface area (Å²) in [4.78, 5) is 27.0. The normalized spacial score (nSPS) is 15.9. The number of nitrogens with zero attached hydrogens (tertiary/aromatic N) is 5. The SMILES string of the molecule is Cc1cn(CCCN2CCN(c3cc(C(F)(F)F)nc(C(C)(C)C)n3)CC2)c(=O)[nH]c1=S. The summed E-state index contributed by atoms with van der Waals surface area (Å²) in [6.07, 6.45) is -1.97. The molecule has 0 unspecified atom stereocenters. The van der Waals surface area contributed by atoms with Crippen LogP contribution < -0.4 is 10.6 Å². The highest BCUT2D eigenvalue weighted by Gasteiger charge is 2.35. The number of rotatable bonds is 5. The molecular formula is C21H29F3N6OS. The third-order valence-corrected chi connectivity index (χ3v) is 5.86. The number of aromatic amines is 1. The fraction of sp³-hybridized carbons (Fsp3) is 0.619. The van der Waals surface area contributed by atoms with Crippen molar-refractivity contribution in [3.63, 3.8) is 0 Å². The molecule has 3 heterocycles. The lowest BCUT2D eigenvalue weighted by molar-refractivity contribution is -0.141. The molecule has 2 aromatic rings. The monoisotopic (exact) mass is 470 g/mol. The summed E-state index contributed by atoms with van der Waals surface area (Å²) < 4.78 is 42.2. The highest BCUT2D eigenvalue weighted by Crippen LogP contribution is 2.32. The summed E-state index contributed by atoms with van der Waals surface area (Å²) in [5, 5.41) is 0. The topological polar surface area (TPSA) is 70.0 Å². The molecule has 1 aliphatic rings. The Kier molecular flexibility index (Phi) is 7.09. The zero-order valence-corrected chi connectivity index (χ0v) is 19.6. The smallest absolute Gasteiger partial charge is 0.354 e. The number of hydrogen-bond acceptors (Lipinski definition) is 6. The molecule has 0 aliphatic carbocycles. The predicted molar refractivity (Wildman–Crippen MR) is 120 cm³/mol. The van der Waals surface area contributed by atoms with E-state index in [0.29, 0.717) is 43.2 Å². The van der Waals surface area contributed by atoms with E-state index in [1.54, 1.807) is 31.5 Å². The quantitative estimate of drug-likeness (QED) is 0.675. The van der Waals surface area contributed by atoms with Crippen LogP contribution in [0.4, 0.5) is 19.0 Å². The number of halogens is 3. The van der Waals surface area contributed by atoms with Gasteiger partial charge in [-0.1, -0.05) is 33.0 Å². The molecule has 0 bridgehead atoms. The molecule has 0 saturated carbocycles. The van der Waals surface area contributed by atoms with Crippen molar-refractivity contribution < 1.29 is 13.2 Å². The number of anilines is 1. The third-order valence-electron chi connectivity index (χ3n) is 5.43. The van der Waals surface area contributed by atoms with E-state index in [2.05, 4.69) is 19.9 Å². The van der Waals surface area contributed by atoms with Gasteiger partial charge < -0.3 is 9.47 Å². The van der Waals surface area contributed by atoms with Crippen molar-refractivity contribution in [1.29, 1.82) is 0 Å². The van der Waals surface area contributed by atoms with Gasteiger partial charge in [-0.05, 0) is 19.9 Å². The van der Waals surface area contributed by atoms with Crippen LogP contribution in [0.3, 0.4) is 0 Å². The number of aromatic nitrogens is 4. The fourth-order valence-electron chi connectivity index (χ4n) is 3.53. The average molecular weight is 471 g/mol. The molecular weight excluding hydrogens is 441 g/mol. The first-order valence-electron chi connectivity index (χ1n) is 10.6. The third kappa shape index (κ3) is 5.94. The molecule has 0 atom stereocenters. The van der Waals surface area contributed by atoms with E-state index in [1.165, 1.54) is 0 Å². The summed E-state index contributed by atoms with van der Waals surface area (Å²) in [5.41, 5.74) is -0.859. The molecule has 1 saturated heterocycles. The van der Waals surface area contributed by atoms with E-state index < -0.39 is 17.3 Å². The number of alkyl halides is 3. The molecule has 1 N–H and O–H groups in total. The van der Waals surface area contributed by atoms with Gasteiger partial charge in [0.05, 0.1) is 0 Å². The van der Waals surface area contributed by atoms with Gasteiger partial charge in [-0.3, -0.25) is 9.88 Å². The van der Waals surface area contributed by atoms with Gasteiger partial charge in [-0.2, -0.15) is 13.2 Å². The van der Waals surface area contributed by atoms with E-state index in [9.17, 15) is 18.0 Å². The van der Waals surface area contributed by atoms with Crippen LogP contribution in [0.2, 0.25) is 0 Å². The van der Waals surface area contributed by atoms with Crippen LogP contribution in [-0.4, -0.2) is 57.1 Å². The van der Waals surface area contributed by atoms with Crippen molar-refractivity contribution in [2.24, 2.45) is 0 Å². The second-order valence-electron chi connectivity index (χ2n) is 9.13. The van der Waals surface area contributed by atoms with Crippen molar-refractivity contribution in [1.82, 2.24) is 24.4 Å². The standard InChI is InChI=1S/C21H29F3N6OS/c1-14-13-30(19(31)27-17(14)32)7-5-6-28-8-10-29(11-9-28)16-12-15(21(22,23)24)25-18(26-16)20(2,3)4/h12-13H,5-11H2,1-4H3,(H,27,31,32). The van der Waals surface area contributed by atoms with Gasteiger partial charge in [0.25, 0.3) is 0 Å². The lowest BCUT2D eigenvalue weighted by Crippen LogP contribution is -2.47. The van der Waals surface area contributed by atoms with Gasteiger partial charge in [0.1, 0.15) is 22.0 Å². The molecule has 2 aromatic heterocycles. The van der Waals surface area contributed by atoms with Crippen LogP contribution in [0.15, 0.2) is 17.1 Å². The van der Waals surface area contributed by atoms with E-state index in [1.807, 2.05) is 11.8 Å². The first-order chi connectivity index (χ1) is 14.8. The highest BCUT2D eigenvalue weighted by molar-refractivity contribution is 7.71. The molecule has 32 heavy (non-hydrogen) atoms. The number of H-pyrrole nitrogens is 1. The number of piperazine rings is 1. The van der Waals surface area contributed by atoms with Gasteiger partial charge in [0.15, 0.2) is 0 Å². The maximum absolute atomic E-state index is 13.4. The van der Waals surface area contributed by atoms with Gasteiger partial charge in [-0.25, -0.2) is 14.8 Å². The van der Waals surface area contributed by atoms with Gasteiger partial charge in [0, 0.05) is 56.0 Å². The van der Waals surface area contributed by atoms with Crippen LogP contribution in [-0.2, 0) is 18.1 Å². The molecule has 11 heteroatoms. The van der Waals surface area contributed by atoms with Gasteiger partial charge in [0.2, 0.25) is 0 Å². The summed E-state index contributed by atoms with van der Waals surface area (Å²) in [7, 11) is 0. The fourth-order valence-corrected chi connectivity index (χ4v) is 3.67. The van der Waals surface area contributed by atoms with E-state index in [-0.39, 0.29) is 11.5 Å². The van der Waals surface area contributed by atoms with Crippen molar-refractivity contribution in [3.8, 4) is 0 Å². The Morgan fingerprint density at radius 3 is 2.34 bits per heavy atom. The molecule has 3 rings (SSSR count). The Bertz CT molecular complexity index is 1030. The van der Waals surface area contributed by atoms with Crippen molar-refractivity contribution in [2.45, 2.75) is 52.3 Å². The molecule has 0 spiro atoms. The van der Waals surface area contributed by atoms with Gasteiger partial charge in [-0.15, -0.1) is 0 Å². The predicted octanol–water partition coefficient (Wildman–Crippen LogP) is 3.53. The maximum atomic E-state index is 13.4. The Hall–Kier alpha value is -2.27. The zero-order valence-electron chi connectivity index (χ0n) is 18.8. The summed E-state index contributed by atoms with van der Waals surface area (Å²) in [6.45, 7) is 11.2. The van der Waals surface area contributed by atoms with Crippen LogP contribution >= 0.6 is 12.2 Å². The molecule has 0 radical (unpaired) electrons. The van der Waals surface area contributed by atoms with Crippen LogP contribution in [0.25, 0.3) is 0 Å². The molecule has 1 aliphatic heterocycles. The lowest BCUT2D eigenvalue weighted by atomic mass is 9.95. The number of hydrogen-bond donors (Lipinski definition) is 1. The molecule has 176 valence electrons. The lowest BCUT2D eigenvalue weighted by Gasteiger charge is -2.36. The zero-order chi connectivity index (χ0) is 23.7. The Labute approximate surface area is 190 Å². The minimum atomic E-state index is -4.52. The summed E-state index contributed by atoms with van der Waals surface area (Å²) >= 11 is 5.07. The maximum Gasteiger partial charge on any atom is 0.433 e. The number of nitrogens with one attached hydrogen (secondary N) is 1. The van der Waals surface area contributed by atoms with E-state index >= 15 is 0 Å². The van der Waals surface area contributed by atoms with E-state index in [0.717, 1.165) is 24.6 Å². The minimum absolute atomic E-state index is 0.187. The Morgan fingerprint density at radius 2 is 1.75 bits per heavy atom. The highest BCUT2D eigenvalue weighted by atomic mass is 32.1. The van der Waals surface area contributed by atoms with Crippen LogP contribution in [0.5, 0.6) is 0 Å². The Balaban J connectivity index is 1.61. The molecule has 1 fully saturated rings. The largest absolute Gasteiger partial charge is 0.433 e. The average Bonchev–Trinajstić information content (AvgIpc) is 2.70. The van der Waals surface area contributed by atoms with Crippen LogP contribution in [0.1, 0.15) is 44.3 Å². The Morgan fingerprint density at radius 1 is 1.09 bits per heavy atom. The summed E-state index contributed by atoms with van der Waals surface area (Å²) in [6, 6.07) is 1.04. The number of aryl methyl sites for hydroxylation is 2. The molecule has 7 nitrogen and oxygen atoms in total. The molecule has 0 amide bonds. The van der Waals surface area contributed by atoms with Crippen LogP contribution in [0, 0.1) is 11.6 Å². The van der Waals surface area contributed by atoms with Crippen molar-refractivity contribution >= 4 is 18.0 Å². The first-order valence-corrected chi connectivity index (χ1v) is 11.0. The van der Waals surface area contributed by atoms with Crippen molar-refractivity contribution in [3.05, 3.63) is 44.5 Å². The first kappa shape index (κ1) is 24.4. The second-order valence-corrected chi connectivity index (χ2v) is 9.54. The molecule has 0 aromatic carbocycles.